The van der Waals surface area contributed by atoms with Gasteiger partial charge in [-0.05, 0) is 19.1 Å². The van der Waals surface area contributed by atoms with E-state index in [1.165, 1.54) is 12.3 Å². The molecule has 1 N–H and O–H groups in total. The molecule has 1 aromatic carbocycles. The smallest absolute Gasteiger partial charge is 0.263 e. The van der Waals surface area contributed by atoms with E-state index >= 15 is 0 Å². The monoisotopic (exact) mass is 318 g/mol. The van der Waals surface area contributed by atoms with Crippen LogP contribution in [0.15, 0.2) is 52.1 Å². The van der Waals surface area contributed by atoms with E-state index in [1.807, 2.05) is 0 Å². The predicted molar refractivity (Wildman–Crippen MR) is 80.7 cm³/mol. The Labute approximate surface area is 127 Å². The second-order valence-corrected chi connectivity index (χ2v) is 6.46. The molecule has 114 valence electrons. The summed E-state index contributed by atoms with van der Waals surface area (Å²) >= 11 is 0. The summed E-state index contributed by atoms with van der Waals surface area (Å²) in [6.07, 6.45) is 3.20. The number of nitrogens with zero attached hydrogens (tertiary/aromatic N) is 3. The van der Waals surface area contributed by atoms with E-state index in [4.69, 9.17) is 4.52 Å². The minimum absolute atomic E-state index is 0.108. The molecule has 0 radical (unpaired) electrons. The lowest BCUT2D eigenvalue weighted by Crippen LogP contribution is -2.15. The molecule has 2 heterocycles. The summed E-state index contributed by atoms with van der Waals surface area (Å²) in [5.41, 5.74) is 1.18. The molecule has 0 unspecified atom stereocenters. The van der Waals surface area contributed by atoms with Crippen LogP contribution in [0.4, 0.5) is 5.82 Å². The third-order valence-electron chi connectivity index (χ3n) is 3.12. The van der Waals surface area contributed by atoms with Crippen molar-refractivity contribution >= 4 is 15.8 Å². The Balaban J connectivity index is 2.05. The summed E-state index contributed by atoms with van der Waals surface area (Å²) < 4.78 is 34.4. The van der Waals surface area contributed by atoms with Crippen molar-refractivity contribution < 1.29 is 12.9 Å². The molecule has 0 spiro atoms. The number of aromatic nitrogens is 3. The maximum absolute atomic E-state index is 12.7. The van der Waals surface area contributed by atoms with Crippen LogP contribution in [0.3, 0.4) is 0 Å². The topological polar surface area (TPSA) is 90.0 Å². The molecule has 0 saturated carbocycles. The van der Waals surface area contributed by atoms with Gasteiger partial charge < -0.3 is 4.52 Å². The summed E-state index contributed by atoms with van der Waals surface area (Å²) in [4.78, 5) is 0.108. The molecule has 0 aliphatic rings. The third kappa shape index (κ3) is 2.60. The fourth-order valence-electron chi connectivity index (χ4n) is 2.15. The largest absolute Gasteiger partial charge is 0.356 e. The fourth-order valence-corrected chi connectivity index (χ4v) is 3.43. The standard InChI is InChI=1S/C14H14N4O3S/c1-10-9-18(2)16-14(10)17-22(19,20)13-6-4-3-5-11(13)12-7-8-15-21-12/h3-9H,1-2H3,(H,16,17). The molecule has 22 heavy (non-hydrogen) atoms. The Morgan fingerprint density at radius 3 is 2.64 bits per heavy atom. The van der Waals surface area contributed by atoms with Gasteiger partial charge in [-0.2, -0.15) is 5.10 Å². The van der Waals surface area contributed by atoms with E-state index in [2.05, 4.69) is 15.0 Å². The first kappa shape index (κ1) is 14.3. The molecule has 8 heteroatoms. The number of nitrogens with one attached hydrogen (secondary N) is 1. The molecule has 7 nitrogen and oxygen atoms in total. The highest BCUT2D eigenvalue weighted by Gasteiger charge is 2.22. The lowest BCUT2D eigenvalue weighted by Gasteiger charge is -2.09. The zero-order chi connectivity index (χ0) is 15.7. The highest BCUT2D eigenvalue weighted by Crippen LogP contribution is 2.28. The van der Waals surface area contributed by atoms with Crippen LogP contribution in [-0.4, -0.2) is 23.4 Å². The van der Waals surface area contributed by atoms with Crippen molar-refractivity contribution in [2.45, 2.75) is 11.8 Å². The molecule has 0 atom stereocenters. The Hall–Kier alpha value is -2.61. The Morgan fingerprint density at radius 1 is 1.23 bits per heavy atom. The molecule has 2 aromatic heterocycles. The van der Waals surface area contributed by atoms with E-state index in [-0.39, 0.29) is 4.90 Å². The zero-order valence-electron chi connectivity index (χ0n) is 12.0. The van der Waals surface area contributed by atoms with Gasteiger partial charge in [0.25, 0.3) is 10.0 Å². The number of sulfonamides is 1. The van der Waals surface area contributed by atoms with Crippen LogP contribution in [0.2, 0.25) is 0 Å². The molecule has 0 bridgehead atoms. The molecule has 3 aromatic rings. The molecule has 0 saturated heterocycles. The Morgan fingerprint density at radius 2 is 2.00 bits per heavy atom. The van der Waals surface area contributed by atoms with Crippen LogP contribution in [0.1, 0.15) is 5.56 Å². The maximum Gasteiger partial charge on any atom is 0.263 e. The lowest BCUT2D eigenvalue weighted by atomic mass is 10.2. The van der Waals surface area contributed by atoms with Crippen LogP contribution < -0.4 is 4.72 Å². The Kier molecular flexibility index (Phi) is 3.45. The van der Waals surface area contributed by atoms with Gasteiger partial charge in [0.15, 0.2) is 11.6 Å². The second-order valence-electron chi connectivity index (χ2n) is 4.81. The highest BCUT2D eigenvalue weighted by atomic mass is 32.2. The van der Waals surface area contributed by atoms with Crippen LogP contribution >= 0.6 is 0 Å². The van der Waals surface area contributed by atoms with E-state index in [0.717, 1.165) is 5.56 Å². The SMILES string of the molecule is Cc1cn(C)nc1NS(=O)(=O)c1ccccc1-c1ccno1. The van der Waals surface area contributed by atoms with Crippen molar-refractivity contribution in [3.63, 3.8) is 0 Å². The van der Waals surface area contributed by atoms with Gasteiger partial charge in [-0.25, -0.2) is 8.42 Å². The minimum Gasteiger partial charge on any atom is -0.356 e. The molecular formula is C14H14N4O3S. The fraction of sp³-hybridized carbons (Fsp3) is 0.143. The van der Waals surface area contributed by atoms with Gasteiger partial charge in [0.2, 0.25) is 0 Å². The lowest BCUT2D eigenvalue weighted by molar-refractivity contribution is 0.431. The van der Waals surface area contributed by atoms with E-state index in [1.54, 1.807) is 49.1 Å². The van der Waals surface area contributed by atoms with Gasteiger partial charge in [-0.3, -0.25) is 9.40 Å². The van der Waals surface area contributed by atoms with E-state index in [0.29, 0.717) is 17.1 Å². The molecular weight excluding hydrogens is 304 g/mol. The van der Waals surface area contributed by atoms with Crippen molar-refractivity contribution in [2.24, 2.45) is 7.05 Å². The van der Waals surface area contributed by atoms with Crippen molar-refractivity contribution in [1.29, 1.82) is 0 Å². The van der Waals surface area contributed by atoms with Crippen molar-refractivity contribution in [3.05, 3.63) is 48.3 Å². The number of anilines is 1. The van der Waals surface area contributed by atoms with Gasteiger partial charge >= 0.3 is 0 Å². The Bertz CT molecular complexity index is 898. The molecule has 3 rings (SSSR count). The average Bonchev–Trinajstić information content (AvgIpc) is 3.09. The maximum atomic E-state index is 12.7. The average molecular weight is 318 g/mol. The molecule has 0 aliphatic carbocycles. The number of hydrogen-bond acceptors (Lipinski definition) is 5. The quantitative estimate of drug-likeness (QED) is 0.796. The normalized spacial score (nSPS) is 11.5. The van der Waals surface area contributed by atoms with Gasteiger partial charge in [-0.1, -0.05) is 17.3 Å². The molecule has 0 fully saturated rings. The summed E-state index contributed by atoms with van der Waals surface area (Å²) in [5.74, 6) is 0.689. The van der Waals surface area contributed by atoms with Gasteiger partial charge in [-0.15, -0.1) is 0 Å². The van der Waals surface area contributed by atoms with Crippen molar-refractivity contribution in [1.82, 2.24) is 14.9 Å². The molecule has 0 amide bonds. The van der Waals surface area contributed by atoms with Gasteiger partial charge in [0.05, 0.1) is 11.1 Å². The third-order valence-corrected chi connectivity index (χ3v) is 4.52. The summed E-state index contributed by atoms with van der Waals surface area (Å²) in [6, 6.07) is 8.18. The first-order valence-electron chi connectivity index (χ1n) is 6.50. The van der Waals surface area contributed by atoms with E-state index < -0.39 is 10.0 Å². The predicted octanol–water partition coefficient (Wildman–Crippen LogP) is 2.18. The van der Waals surface area contributed by atoms with Gasteiger partial charge in [0, 0.05) is 30.4 Å². The molecule has 0 aliphatic heterocycles. The number of rotatable bonds is 4. The van der Waals surface area contributed by atoms with Crippen molar-refractivity contribution in [2.75, 3.05) is 4.72 Å². The summed E-state index contributed by atoms with van der Waals surface area (Å²) in [6.45, 7) is 1.78. The summed E-state index contributed by atoms with van der Waals surface area (Å²) in [7, 11) is -2.06. The van der Waals surface area contributed by atoms with Gasteiger partial charge in [0.1, 0.15) is 0 Å². The van der Waals surface area contributed by atoms with Crippen LogP contribution in [0.25, 0.3) is 11.3 Å². The minimum atomic E-state index is -3.79. The zero-order valence-corrected chi connectivity index (χ0v) is 12.8. The van der Waals surface area contributed by atoms with E-state index in [9.17, 15) is 8.42 Å². The number of benzene rings is 1. The van der Waals surface area contributed by atoms with Crippen LogP contribution in [-0.2, 0) is 17.1 Å². The van der Waals surface area contributed by atoms with Crippen LogP contribution in [0.5, 0.6) is 0 Å². The second kappa shape index (κ2) is 5.30. The number of hydrogen-bond donors (Lipinski definition) is 1. The van der Waals surface area contributed by atoms with Crippen molar-refractivity contribution in [3.8, 4) is 11.3 Å². The summed E-state index contributed by atoms with van der Waals surface area (Å²) in [5, 5.41) is 7.72. The first-order chi connectivity index (χ1) is 10.5. The first-order valence-corrected chi connectivity index (χ1v) is 7.99. The number of aryl methyl sites for hydroxylation is 2. The highest BCUT2D eigenvalue weighted by molar-refractivity contribution is 7.92. The van der Waals surface area contributed by atoms with Crippen LogP contribution in [0, 0.1) is 6.92 Å².